The zero-order valence-electron chi connectivity index (χ0n) is 13.2. The molecule has 0 saturated heterocycles. The quantitative estimate of drug-likeness (QED) is 0.840. The van der Waals surface area contributed by atoms with Crippen molar-refractivity contribution in [2.75, 3.05) is 6.54 Å². The first-order chi connectivity index (χ1) is 10.2. The maximum Gasteiger partial charge on any atom is 0.0801 e. The molecule has 0 fully saturated rings. The second-order valence-corrected chi connectivity index (χ2v) is 5.86. The second-order valence-electron chi connectivity index (χ2n) is 5.86. The Labute approximate surface area is 127 Å². The third kappa shape index (κ3) is 4.64. The molecule has 112 valence electrons. The van der Waals surface area contributed by atoms with E-state index in [4.69, 9.17) is 0 Å². The Hall–Kier alpha value is -1.74. The number of nitrogens with one attached hydrogen (secondary N) is 1. The van der Waals surface area contributed by atoms with Crippen molar-refractivity contribution in [3.63, 3.8) is 0 Å². The Kier molecular flexibility index (Phi) is 5.88. The highest BCUT2D eigenvalue weighted by Gasteiger charge is 2.15. The number of benzene rings is 1. The predicted octanol–water partition coefficient (Wildman–Crippen LogP) is 3.76. The number of hydrogen-bond donors (Lipinski definition) is 1. The molecule has 0 aliphatic rings. The van der Waals surface area contributed by atoms with Crippen LogP contribution in [0.3, 0.4) is 0 Å². The van der Waals surface area contributed by atoms with Crippen LogP contribution in [0.5, 0.6) is 0 Å². The molecule has 1 unspecified atom stereocenters. The van der Waals surface area contributed by atoms with Gasteiger partial charge in [-0.3, -0.25) is 9.97 Å². The van der Waals surface area contributed by atoms with Crippen molar-refractivity contribution in [1.82, 2.24) is 15.3 Å². The average Bonchev–Trinajstić information content (AvgIpc) is 2.48. The maximum absolute atomic E-state index is 4.47. The van der Waals surface area contributed by atoms with Gasteiger partial charge in [0.05, 0.1) is 17.9 Å². The summed E-state index contributed by atoms with van der Waals surface area (Å²) in [7, 11) is 0. The summed E-state index contributed by atoms with van der Waals surface area (Å²) >= 11 is 0. The third-order valence-corrected chi connectivity index (χ3v) is 3.41. The molecule has 1 atom stereocenters. The summed E-state index contributed by atoms with van der Waals surface area (Å²) in [5, 5.41) is 3.58. The van der Waals surface area contributed by atoms with Gasteiger partial charge in [0, 0.05) is 12.4 Å². The van der Waals surface area contributed by atoms with E-state index in [-0.39, 0.29) is 6.04 Å². The van der Waals surface area contributed by atoms with Crippen LogP contribution in [-0.4, -0.2) is 16.5 Å². The summed E-state index contributed by atoms with van der Waals surface area (Å²) < 4.78 is 0. The summed E-state index contributed by atoms with van der Waals surface area (Å²) in [5.41, 5.74) is 3.63. The van der Waals surface area contributed by atoms with Crippen molar-refractivity contribution >= 4 is 0 Å². The molecule has 1 heterocycles. The highest BCUT2D eigenvalue weighted by molar-refractivity contribution is 5.31. The van der Waals surface area contributed by atoms with Gasteiger partial charge in [-0.15, -0.1) is 0 Å². The molecule has 0 saturated carbocycles. The van der Waals surface area contributed by atoms with Gasteiger partial charge in [0.25, 0.3) is 0 Å². The van der Waals surface area contributed by atoms with Gasteiger partial charge in [0.2, 0.25) is 0 Å². The van der Waals surface area contributed by atoms with Crippen LogP contribution in [-0.2, 0) is 6.42 Å². The lowest BCUT2D eigenvalue weighted by molar-refractivity contribution is 0.582. The maximum atomic E-state index is 4.47. The summed E-state index contributed by atoms with van der Waals surface area (Å²) in [6.45, 7) is 7.65. The topological polar surface area (TPSA) is 37.8 Å². The van der Waals surface area contributed by atoms with Crippen LogP contribution in [0.2, 0.25) is 0 Å². The second kappa shape index (κ2) is 7.89. The van der Waals surface area contributed by atoms with Crippen molar-refractivity contribution in [2.45, 2.75) is 39.7 Å². The fourth-order valence-electron chi connectivity index (χ4n) is 2.51. The van der Waals surface area contributed by atoms with E-state index >= 15 is 0 Å². The van der Waals surface area contributed by atoms with Crippen molar-refractivity contribution in [1.29, 1.82) is 0 Å². The molecule has 2 aromatic rings. The molecule has 0 bridgehead atoms. The monoisotopic (exact) mass is 283 g/mol. The largest absolute Gasteiger partial charge is 0.305 e. The van der Waals surface area contributed by atoms with Crippen LogP contribution in [0.15, 0.2) is 42.9 Å². The van der Waals surface area contributed by atoms with Gasteiger partial charge in [-0.1, -0.05) is 45.0 Å². The number of aromatic nitrogens is 2. The Morgan fingerprint density at radius 1 is 1.19 bits per heavy atom. The van der Waals surface area contributed by atoms with E-state index in [1.54, 1.807) is 12.4 Å². The zero-order chi connectivity index (χ0) is 15.1. The summed E-state index contributed by atoms with van der Waals surface area (Å²) in [6, 6.07) is 8.93. The fourth-order valence-corrected chi connectivity index (χ4v) is 2.51. The summed E-state index contributed by atoms with van der Waals surface area (Å²) in [4.78, 5) is 8.68. The van der Waals surface area contributed by atoms with Gasteiger partial charge in [-0.05, 0) is 36.4 Å². The molecule has 21 heavy (non-hydrogen) atoms. The van der Waals surface area contributed by atoms with Crippen molar-refractivity contribution in [2.24, 2.45) is 5.92 Å². The van der Waals surface area contributed by atoms with Crippen LogP contribution in [0, 0.1) is 5.92 Å². The normalized spacial score (nSPS) is 12.6. The van der Waals surface area contributed by atoms with Gasteiger partial charge < -0.3 is 5.32 Å². The van der Waals surface area contributed by atoms with E-state index in [1.807, 2.05) is 6.20 Å². The summed E-state index contributed by atoms with van der Waals surface area (Å²) in [5.74, 6) is 0.666. The first-order valence-corrected chi connectivity index (χ1v) is 7.78. The highest BCUT2D eigenvalue weighted by atomic mass is 14.9. The lowest BCUT2D eigenvalue weighted by Gasteiger charge is -2.19. The molecular formula is C18H25N3. The average molecular weight is 283 g/mol. The van der Waals surface area contributed by atoms with Gasteiger partial charge in [-0.2, -0.15) is 0 Å². The Morgan fingerprint density at radius 2 is 2.05 bits per heavy atom. The van der Waals surface area contributed by atoms with Crippen molar-refractivity contribution in [3.8, 4) is 0 Å². The lowest BCUT2D eigenvalue weighted by Crippen LogP contribution is -2.24. The summed E-state index contributed by atoms with van der Waals surface area (Å²) in [6.07, 6.45) is 7.53. The smallest absolute Gasteiger partial charge is 0.0801 e. The van der Waals surface area contributed by atoms with Crippen LogP contribution < -0.4 is 5.32 Å². The van der Waals surface area contributed by atoms with Gasteiger partial charge in [-0.25, -0.2) is 0 Å². The lowest BCUT2D eigenvalue weighted by atomic mass is 9.97. The molecule has 0 radical (unpaired) electrons. The number of hydrogen-bond acceptors (Lipinski definition) is 3. The molecule has 0 spiro atoms. The van der Waals surface area contributed by atoms with E-state index in [1.165, 1.54) is 11.1 Å². The molecule has 1 N–H and O–H groups in total. The molecule has 3 nitrogen and oxygen atoms in total. The molecule has 1 aromatic carbocycles. The Balaban J connectivity index is 2.28. The van der Waals surface area contributed by atoms with E-state index in [0.717, 1.165) is 25.1 Å². The first-order valence-electron chi connectivity index (χ1n) is 7.78. The molecular weight excluding hydrogens is 258 g/mol. The molecule has 0 amide bonds. The minimum absolute atomic E-state index is 0.116. The molecule has 2 rings (SSSR count). The van der Waals surface area contributed by atoms with E-state index in [2.05, 4.69) is 60.3 Å². The molecule has 0 aliphatic carbocycles. The fraction of sp³-hybridized carbons (Fsp3) is 0.444. The SMILES string of the molecule is CCCNC(c1cccc(CC(C)C)c1)c1cnccn1. The first kappa shape index (κ1) is 15.6. The van der Waals surface area contributed by atoms with Gasteiger partial charge in [0.1, 0.15) is 0 Å². The Bertz CT molecular complexity index is 537. The number of rotatable bonds is 7. The molecule has 3 heteroatoms. The highest BCUT2D eigenvalue weighted by Crippen LogP contribution is 2.22. The third-order valence-electron chi connectivity index (χ3n) is 3.41. The standard InChI is InChI=1S/C18H25N3/c1-4-8-21-18(17-13-19-9-10-20-17)16-7-5-6-15(12-16)11-14(2)3/h5-7,9-10,12-14,18,21H,4,8,11H2,1-3H3. The minimum Gasteiger partial charge on any atom is -0.305 e. The van der Waals surface area contributed by atoms with Crippen LogP contribution in [0.4, 0.5) is 0 Å². The van der Waals surface area contributed by atoms with Crippen LogP contribution in [0.25, 0.3) is 0 Å². The van der Waals surface area contributed by atoms with E-state index in [0.29, 0.717) is 5.92 Å². The van der Waals surface area contributed by atoms with Crippen LogP contribution >= 0.6 is 0 Å². The molecule has 1 aromatic heterocycles. The van der Waals surface area contributed by atoms with Crippen LogP contribution in [0.1, 0.15) is 50.1 Å². The molecule has 0 aliphatic heterocycles. The van der Waals surface area contributed by atoms with Gasteiger partial charge in [0.15, 0.2) is 0 Å². The Morgan fingerprint density at radius 3 is 2.71 bits per heavy atom. The van der Waals surface area contributed by atoms with E-state index in [9.17, 15) is 0 Å². The van der Waals surface area contributed by atoms with Crippen molar-refractivity contribution in [3.05, 3.63) is 59.7 Å². The zero-order valence-corrected chi connectivity index (χ0v) is 13.2. The predicted molar refractivity (Wildman–Crippen MR) is 87.2 cm³/mol. The van der Waals surface area contributed by atoms with Crippen molar-refractivity contribution < 1.29 is 0 Å². The minimum atomic E-state index is 0.116. The van der Waals surface area contributed by atoms with Gasteiger partial charge >= 0.3 is 0 Å². The number of nitrogens with zero attached hydrogens (tertiary/aromatic N) is 2. The van der Waals surface area contributed by atoms with E-state index < -0.39 is 0 Å².